The highest BCUT2D eigenvalue weighted by Crippen LogP contribution is 2.28. The number of benzene rings is 1. The lowest BCUT2D eigenvalue weighted by Gasteiger charge is -2.42. The van der Waals surface area contributed by atoms with E-state index < -0.39 is 0 Å². The Morgan fingerprint density at radius 3 is 2.57 bits per heavy atom. The quantitative estimate of drug-likeness (QED) is 0.809. The maximum Gasteiger partial charge on any atom is 0.0692 e. The van der Waals surface area contributed by atoms with Crippen LogP contribution in [-0.4, -0.2) is 41.8 Å². The minimum Gasteiger partial charge on any atom is -0.392 e. The summed E-state index contributed by atoms with van der Waals surface area (Å²) in [6.07, 6.45) is 5.12. The summed E-state index contributed by atoms with van der Waals surface area (Å²) in [6, 6.07) is 11.0. The SMILES string of the molecule is CC.CC[C@H](O)C1C[C@@H](Cc2ccccc2)CCN1CCCN. The lowest BCUT2D eigenvalue weighted by atomic mass is 9.83. The summed E-state index contributed by atoms with van der Waals surface area (Å²) in [5.41, 5.74) is 7.06. The van der Waals surface area contributed by atoms with E-state index in [-0.39, 0.29) is 6.10 Å². The number of piperidine rings is 1. The summed E-state index contributed by atoms with van der Waals surface area (Å²) in [6.45, 7) is 8.93. The van der Waals surface area contributed by atoms with E-state index in [0.717, 1.165) is 45.3 Å². The molecule has 1 aromatic carbocycles. The van der Waals surface area contributed by atoms with E-state index in [0.29, 0.717) is 12.0 Å². The average molecular weight is 321 g/mol. The van der Waals surface area contributed by atoms with Crippen LogP contribution in [0.3, 0.4) is 0 Å². The molecule has 3 atom stereocenters. The van der Waals surface area contributed by atoms with Gasteiger partial charge < -0.3 is 10.8 Å². The van der Waals surface area contributed by atoms with Crippen molar-refractivity contribution in [3.8, 4) is 0 Å². The molecule has 0 spiro atoms. The van der Waals surface area contributed by atoms with Gasteiger partial charge in [-0.25, -0.2) is 0 Å². The van der Waals surface area contributed by atoms with Crippen LogP contribution in [0.1, 0.15) is 52.0 Å². The van der Waals surface area contributed by atoms with Crippen LogP contribution in [0.15, 0.2) is 30.3 Å². The molecule has 23 heavy (non-hydrogen) atoms. The molecule has 1 saturated heterocycles. The summed E-state index contributed by atoms with van der Waals surface area (Å²) >= 11 is 0. The highest BCUT2D eigenvalue weighted by Gasteiger charge is 2.32. The largest absolute Gasteiger partial charge is 0.392 e. The number of nitrogens with two attached hydrogens (primary N) is 1. The highest BCUT2D eigenvalue weighted by molar-refractivity contribution is 5.15. The second kappa shape index (κ2) is 11.6. The van der Waals surface area contributed by atoms with E-state index in [4.69, 9.17) is 5.73 Å². The number of hydrogen-bond donors (Lipinski definition) is 2. The summed E-state index contributed by atoms with van der Waals surface area (Å²) in [5, 5.41) is 10.4. The van der Waals surface area contributed by atoms with Crippen molar-refractivity contribution in [2.24, 2.45) is 11.7 Å². The predicted molar refractivity (Wildman–Crippen MR) is 99.5 cm³/mol. The van der Waals surface area contributed by atoms with Gasteiger partial charge >= 0.3 is 0 Å². The van der Waals surface area contributed by atoms with Crippen molar-refractivity contribution in [2.75, 3.05) is 19.6 Å². The Kier molecular flexibility index (Phi) is 10.2. The third kappa shape index (κ3) is 6.62. The van der Waals surface area contributed by atoms with Crippen molar-refractivity contribution >= 4 is 0 Å². The first-order valence-corrected chi connectivity index (χ1v) is 9.40. The molecule has 3 nitrogen and oxygen atoms in total. The maximum atomic E-state index is 10.4. The molecule has 0 amide bonds. The molecule has 1 aromatic rings. The molecule has 1 aliphatic heterocycles. The van der Waals surface area contributed by atoms with Gasteiger partial charge in [-0.1, -0.05) is 51.1 Å². The van der Waals surface area contributed by atoms with Crippen molar-refractivity contribution in [3.05, 3.63) is 35.9 Å². The molecule has 1 fully saturated rings. The molecule has 0 saturated carbocycles. The Morgan fingerprint density at radius 2 is 1.96 bits per heavy atom. The normalized spacial score (nSPS) is 23.0. The molecular formula is C20H36N2O. The van der Waals surface area contributed by atoms with Crippen LogP contribution >= 0.6 is 0 Å². The standard InChI is InChI=1S/C18H30N2O.C2H6/c1-2-18(21)17-14-16(9-12-20(17)11-6-10-19)13-15-7-4-3-5-8-15;1-2/h3-5,7-8,16-18,21H,2,6,9-14,19H2,1H3;1-2H3/t16-,17?,18+;/m1./s1. The molecular weight excluding hydrogens is 284 g/mol. The van der Waals surface area contributed by atoms with Gasteiger partial charge in [0.2, 0.25) is 0 Å². The molecule has 3 N–H and O–H groups in total. The Labute approximate surface area is 142 Å². The van der Waals surface area contributed by atoms with Gasteiger partial charge in [0.15, 0.2) is 0 Å². The van der Waals surface area contributed by atoms with Gasteiger partial charge in [-0.3, -0.25) is 4.90 Å². The zero-order valence-corrected chi connectivity index (χ0v) is 15.2. The monoisotopic (exact) mass is 320 g/mol. The molecule has 0 bridgehead atoms. The van der Waals surface area contributed by atoms with Crippen LogP contribution in [0.25, 0.3) is 0 Å². The number of hydrogen-bond acceptors (Lipinski definition) is 3. The van der Waals surface area contributed by atoms with Crippen molar-refractivity contribution in [2.45, 2.75) is 65.0 Å². The van der Waals surface area contributed by atoms with Crippen LogP contribution in [-0.2, 0) is 6.42 Å². The summed E-state index contributed by atoms with van der Waals surface area (Å²) in [5.74, 6) is 0.688. The van der Waals surface area contributed by atoms with E-state index >= 15 is 0 Å². The van der Waals surface area contributed by atoms with Crippen molar-refractivity contribution < 1.29 is 5.11 Å². The zero-order valence-electron chi connectivity index (χ0n) is 15.2. The Hall–Kier alpha value is -0.900. The average Bonchev–Trinajstić information content (AvgIpc) is 2.62. The first-order chi connectivity index (χ1) is 11.2. The minimum absolute atomic E-state index is 0.207. The van der Waals surface area contributed by atoms with Gasteiger partial charge in [0, 0.05) is 6.04 Å². The van der Waals surface area contributed by atoms with Crippen LogP contribution in [0.4, 0.5) is 0 Å². The second-order valence-electron chi connectivity index (χ2n) is 6.30. The van der Waals surface area contributed by atoms with Crippen molar-refractivity contribution in [3.63, 3.8) is 0 Å². The summed E-state index contributed by atoms with van der Waals surface area (Å²) < 4.78 is 0. The molecule has 0 radical (unpaired) electrons. The van der Waals surface area contributed by atoms with Gasteiger partial charge in [-0.2, -0.15) is 0 Å². The first kappa shape index (κ1) is 20.1. The van der Waals surface area contributed by atoms with Gasteiger partial charge in [0.1, 0.15) is 0 Å². The van der Waals surface area contributed by atoms with E-state index in [1.807, 2.05) is 13.8 Å². The van der Waals surface area contributed by atoms with Gasteiger partial charge in [-0.05, 0) is 63.2 Å². The van der Waals surface area contributed by atoms with E-state index in [1.54, 1.807) is 0 Å². The van der Waals surface area contributed by atoms with Crippen molar-refractivity contribution in [1.29, 1.82) is 0 Å². The molecule has 0 aliphatic carbocycles. The topological polar surface area (TPSA) is 49.5 Å². The van der Waals surface area contributed by atoms with Crippen LogP contribution in [0, 0.1) is 5.92 Å². The lowest BCUT2D eigenvalue weighted by Crippen LogP contribution is -2.49. The Balaban J connectivity index is 0.00000127. The number of likely N-dealkylation sites (tertiary alicyclic amines) is 1. The zero-order chi connectivity index (χ0) is 17.1. The van der Waals surface area contributed by atoms with Crippen LogP contribution in [0.2, 0.25) is 0 Å². The fourth-order valence-corrected chi connectivity index (χ4v) is 3.50. The molecule has 0 aromatic heterocycles. The number of nitrogens with zero attached hydrogens (tertiary/aromatic N) is 1. The summed E-state index contributed by atoms with van der Waals surface area (Å²) in [4.78, 5) is 2.46. The molecule has 1 unspecified atom stereocenters. The number of rotatable bonds is 7. The minimum atomic E-state index is -0.207. The Bertz CT molecular complexity index is 396. The third-order valence-electron chi connectivity index (χ3n) is 4.75. The van der Waals surface area contributed by atoms with E-state index in [9.17, 15) is 5.11 Å². The van der Waals surface area contributed by atoms with Gasteiger partial charge in [0.25, 0.3) is 0 Å². The van der Waals surface area contributed by atoms with Gasteiger partial charge in [-0.15, -0.1) is 0 Å². The van der Waals surface area contributed by atoms with Crippen LogP contribution < -0.4 is 5.73 Å². The van der Waals surface area contributed by atoms with Gasteiger partial charge in [0.05, 0.1) is 6.10 Å². The summed E-state index contributed by atoms with van der Waals surface area (Å²) in [7, 11) is 0. The van der Waals surface area contributed by atoms with E-state index in [2.05, 4.69) is 42.2 Å². The Morgan fingerprint density at radius 1 is 1.26 bits per heavy atom. The fourth-order valence-electron chi connectivity index (χ4n) is 3.50. The maximum absolute atomic E-state index is 10.4. The third-order valence-corrected chi connectivity index (χ3v) is 4.75. The fraction of sp³-hybridized carbons (Fsp3) is 0.700. The molecule has 2 rings (SSSR count). The number of aliphatic hydroxyl groups is 1. The van der Waals surface area contributed by atoms with E-state index in [1.165, 1.54) is 12.0 Å². The smallest absolute Gasteiger partial charge is 0.0692 e. The van der Waals surface area contributed by atoms with Crippen LogP contribution in [0.5, 0.6) is 0 Å². The molecule has 132 valence electrons. The highest BCUT2D eigenvalue weighted by atomic mass is 16.3. The first-order valence-electron chi connectivity index (χ1n) is 9.40. The number of aliphatic hydroxyl groups excluding tert-OH is 1. The van der Waals surface area contributed by atoms with Crippen molar-refractivity contribution in [1.82, 2.24) is 4.90 Å². The predicted octanol–water partition coefficient (Wildman–Crippen LogP) is 3.46. The molecule has 3 heteroatoms. The molecule has 1 aliphatic rings. The molecule has 1 heterocycles. The lowest BCUT2D eigenvalue weighted by molar-refractivity contribution is 0.00702. The second-order valence-corrected chi connectivity index (χ2v) is 6.30.